The van der Waals surface area contributed by atoms with Crippen molar-refractivity contribution in [2.75, 3.05) is 7.11 Å². The summed E-state index contributed by atoms with van der Waals surface area (Å²) in [6.45, 7) is -0.232. The number of hydrogen-bond acceptors (Lipinski definition) is 8. The van der Waals surface area contributed by atoms with Gasteiger partial charge in [-0.3, -0.25) is 14.5 Å². The number of furan rings is 2. The third kappa shape index (κ3) is 3.37. The molecule has 0 N–H and O–H groups in total. The summed E-state index contributed by atoms with van der Waals surface area (Å²) in [4.78, 5) is 50.3. The Bertz CT molecular complexity index is 1140. The molecule has 0 bridgehead atoms. The van der Waals surface area contributed by atoms with Crippen LogP contribution in [0.3, 0.4) is 0 Å². The first-order valence-electron chi connectivity index (χ1n) is 8.84. The van der Waals surface area contributed by atoms with Gasteiger partial charge in [-0.25, -0.2) is 9.59 Å². The minimum absolute atomic E-state index is 0.00405. The van der Waals surface area contributed by atoms with Crippen LogP contribution in [0.25, 0.3) is 0 Å². The normalized spacial score (nSPS) is 12.8. The third-order valence-electron chi connectivity index (χ3n) is 4.58. The Morgan fingerprint density at radius 1 is 0.967 bits per heavy atom. The summed E-state index contributed by atoms with van der Waals surface area (Å²) in [6.07, 6.45) is 2.73. The van der Waals surface area contributed by atoms with Gasteiger partial charge in [0.2, 0.25) is 5.76 Å². The number of methoxy groups -OCH3 is 1. The molecule has 0 aliphatic carbocycles. The molecule has 0 unspecified atom stereocenters. The molecule has 0 atom stereocenters. The molecule has 9 nitrogen and oxygen atoms in total. The van der Waals surface area contributed by atoms with Crippen molar-refractivity contribution in [1.82, 2.24) is 4.90 Å². The molecular weight excluding hydrogens is 394 g/mol. The van der Waals surface area contributed by atoms with Crippen LogP contribution in [0.15, 0.2) is 57.8 Å². The van der Waals surface area contributed by atoms with E-state index in [1.165, 1.54) is 43.9 Å². The van der Waals surface area contributed by atoms with Crippen molar-refractivity contribution in [3.63, 3.8) is 0 Å². The van der Waals surface area contributed by atoms with Crippen molar-refractivity contribution in [2.45, 2.75) is 13.2 Å². The van der Waals surface area contributed by atoms with Crippen molar-refractivity contribution in [3.05, 3.63) is 82.7 Å². The van der Waals surface area contributed by atoms with Gasteiger partial charge in [0.05, 0.1) is 42.9 Å². The van der Waals surface area contributed by atoms with Gasteiger partial charge < -0.3 is 18.3 Å². The number of nitrogens with zero attached hydrogens (tertiary/aromatic N) is 1. The summed E-state index contributed by atoms with van der Waals surface area (Å²) in [5, 5.41) is 0. The number of hydrogen-bond donors (Lipinski definition) is 0. The van der Waals surface area contributed by atoms with Crippen molar-refractivity contribution in [2.24, 2.45) is 0 Å². The zero-order valence-electron chi connectivity index (χ0n) is 15.7. The van der Waals surface area contributed by atoms with E-state index in [1.807, 2.05) is 0 Å². The summed E-state index contributed by atoms with van der Waals surface area (Å²) in [6, 6.07) is 8.93. The average molecular weight is 409 g/mol. The Balaban J connectivity index is 1.49. The van der Waals surface area contributed by atoms with Crippen LogP contribution in [-0.2, 0) is 22.6 Å². The van der Waals surface area contributed by atoms with Gasteiger partial charge in [-0.05, 0) is 36.4 Å². The maximum atomic E-state index is 12.7. The van der Waals surface area contributed by atoms with E-state index in [4.69, 9.17) is 13.6 Å². The maximum absolute atomic E-state index is 12.7. The first kappa shape index (κ1) is 19.2. The Labute approximate surface area is 169 Å². The van der Waals surface area contributed by atoms with Crippen LogP contribution in [0.4, 0.5) is 0 Å². The maximum Gasteiger partial charge on any atom is 0.374 e. The second kappa shape index (κ2) is 7.70. The molecule has 2 aromatic heterocycles. The lowest BCUT2D eigenvalue weighted by Crippen LogP contribution is -2.28. The van der Waals surface area contributed by atoms with E-state index in [1.54, 1.807) is 12.1 Å². The molecule has 0 fully saturated rings. The summed E-state index contributed by atoms with van der Waals surface area (Å²) in [7, 11) is 1.21. The fourth-order valence-electron chi connectivity index (χ4n) is 3.07. The molecule has 9 heteroatoms. The number of amides is 2. The zero-order chi connectivity index (χ0) is 21.3. The Morgan fingerprint density at radius 2 is 1.77 bits per heavy atom. The second-order valence-electron chi connectivity index (χ2n) is 6.38. The molecule has 3 heterocycles. The molecule has 2 amide bonds. The molecule has 152 valence electrons. The standard InChI is InChI=1S/C21H15NO8/c1-27-21(26)17-13(6-8-29-17)11-30-20(25)12-4-5-15-16(9-12)19(24)22(18(15)23)10-14-3-2-7-28-14/h2-9H,10-11H2,1H3. The van der Waals surface area contributed by atoms with Crippen LogP contribution in [0.5, 0.6) is 0 Å². The number of carbonyl (C=O) groups excluding carboxylic acids is 4. The van der Waals surface area contributed by atoms with E-state index in [2.05, 4.69) is 4.74 Å². The largest absolute Gasteiger partial charge is 0.467 e. The Hall–Kier alpha value is -4.14. The molecule has 3 aromatic rings. The van der Waals surface area contributed by atoms with Crippen LogP contribution in [0.2, 0.25) is 0 Å². The number of esters is 2. The molecule has 1 aliphatic heterocycles. The lowest BCUT2D eigenvalue weighted by atomic mass is 10.1. The number of fused-ring (bicyclic) bond motifs is 1. The summed E-state index contributed by atoms with van der Waals surface area (Å²) >= 11 is 0. The third-order valence-corrected chi connectivity index (χ3v) is 4.58. The predicted molar refractivity (Wildman–Crippen MR) is 98.5 cm³/mol. The molecule has 0 saturated carbocycles. The van der Waals surface area contributed by atoms with Gasteiger partial charge in [-0.15, -0.1) is 0 Å². The van der Waals surface area contributed by atoms with Gasteiger partial charge in [-0.2, -0.15) is 0 Å². The van der Waals surface area contributed by atoms with Gasteiger partial charge in [0.1, 0.15) is 12.4 Å². The van der Waals surface area contributed by atoms with Crippen LogP contribution in [0, 0.1) is 0 Å². The number of imide groups is 1. The molecular formula is C21H15NO8. The van der Waals surface area contributed by atoms with E-state index >= 15 is 0 Å². The van der Waals surface area contributed by atoms with Crippen LogP contribution in [0.1, 0.15) is 53.0 Å². The first-order valence-corrected chi connectivity index (χ1v) is 8.84. The van der Waals surface area contributed by atoms with Crippen molar-refractivity contribution >= 4 is 23.8 Å². The highest BCUT2D eigenvalue weighted by Crippen LogP contribution is 2.26. The van der Waals surface area contributed by atoms with E-state index in [0.29, 0.717) is 11.3 Å². The highest BCUT2D eigenvalue weighted by Gasteiger charge is 2.36. The molecule has 30 heavy (non-hydrogen) atoms. The molecule has 0 saturated heterocycles. The van der Waals surface area contributed by atoms with E-state index in [0.717, 1.165) is 4.90 Å². The topological polar surface area (TPSA) is 116 Å². The van der Waals surface area contributed by atoms with E-state index < -0.39 is 23.8 Å². The number of ether oxygens (including phenoxy) is 2. The van der Waals surface area contributed by atoms with E-state index in [9.17, 15) is 19.2 Å². The predicted octanol–water partition coefficient (Wildman–Crippen LogP) is 2.81. The fraction of sp³-hybridized carbons (Fsp3) is 0.143. The minimum atomic E-state index is -0.723. The van der Waals surface area contributed by atoms with Gasteiger partial charge in [0, 0.05) is 5.56 Å². The molecule has 0 spiro atoms. The van der Waals surface area contributed by atoms with Gasteiger partial charge >= 0.3 is 11.9 Å². The lowest BCUT2D eigenvalue weighted by molar-refractivity contribution is 0.0453. The minimum Gasteiger partial charge on any atom is -0.467 e. The Kier molecular flexibility index (Phi) is 4.93. The first-order chi connectivity index (χ1) is 14.5. The zero-order valence-corrected chi connectivity index (χ0v) is 15.7. The molecule has 4 rings (SSSR count). The van der Waals surface area contributed by atoms with E-state index in [-0.39, 0.29) is 35.6 Å². The average Bonchev–Trinajstić information content (AvgIpc) is 3.49. The smallest absolute Gasteiger partial charge is 0.374 e. The summed E-state index contributed by atoms with van der Waals surface area (Å²) in [5.74, 6) is -2.00. The highest BCUT2D eigenvalue weighted by molar-refractivity contribution is 6.21. The highest BCUT2D eigenvalue weighted by atomic mass is 16.5. The van der Waals surface area contributed by atoms with Crippen molar-refractivity contribution < 1.29 is 37.5 Å². The SMILES string of the molecule is COC(=O)c1occc1COC(=O)c1ccc2c(c1)C(=O)N(Cc1ccco1)C2=O. The number of benzene rings is 1. The summed E-state index contributed by atoms with van der Waals surface area (Å²) in [5.41, 5.74) is 0.746. The van der Waals surface area contributed by atoms with Gasteiger partial charge in [0.25, 0.3) is 11.8 Å². The monoisotopic (exact) mass is 409 g/mol. The number of rotatable bonds is 6. The van der Waals surface area contributed by atoms with Crippen LogP contribution >= 0.6 is 0 Å². The quantitative estimate of drug-likeness (QED) is 0.451. The van der Waals surface area contributed by atoms with Crippen LogP contribution < -0.4 is 0 Å². The molecule has 1 aliphatic rings. The molecule has 1 aromatic carbocycles. The second-order valence-corrected chi connectivity index (χ2v) is 6.38. The summed E-state index contributed by atoms with van der Waals surface area (Å²) < 4.78 is 20.0. The van der Waals surface area contributed by atoms with Crippen molar-refractivity contribution in [1.29, 1.82) is 0 Å². The lowest BCUT2D eigenvalue weighted by Gasteiger charge is -2.11. The Morgan fingerprint density at radius 3 is 2.50 bits per heavy atom. The van der Waals surface area contributed by atoms with Gasteiger partial charge in [0.15, 0.2) is 0 Å². The molecule has 0 radical (unpaired) electrons. The van der Waals surface area contributed by atoms with Crippen molar-refractivity contribution in [3.8, 4) is 0 Å². The fourth-order valence-corrected chi connectivity index (χ4v) is 3.07. The van der Waals surface area contributed by atoms with Gasteiger partial charge in [-0.1, -0.05) is 0 Å². The number of carbonyl (C=O) groups is 4. The van der Waals surface area contributed by atoms with Crippen LogP contribution in [-0.4, -0.2) is 35.8 Å².